The molecule has 1 aliphatic heterocycles. The van der Waals surface area contributed by atoms with Crippen LogP contribution in [0.15, 0.2) is 64.0 Å². The van der Waals surface area contributed by atoms with Gasteiger partial charge in [0.05, 0.1) is 28.2 Å². The van der Waals surface area contributed by atoms with Crippen molar-refractivity contribution in [1.82, 2.24) is 4.90 Å². The van der Waals surface area contributed by atoms with Crippen molar-refractivity contribution in [2.45, 2.75) is 13.8 Å². The van der Waals surface area contributed by atoms with Crippen molar-refractivity contribution in [2.75, 3.05) is 19.8 Å². The van der Waals surface area contributed by atoms with Gasteiger partial charge in [0.25, 0.3) is 11.1 Å². The first-order valence-electron chi connectivity index (χ1n) is 11.4. The van der Waals surface area contributed by atoms with E-state index in [1.165, 1.54) is 6.08 Å². The lowest BCUT2D eigenvalue weighted by molar-refractivity contribution is -0.145. The van der Waals surface area contributed by atoms with Gasteiger partial charge in [0.1, 0.15) is 6.54 Å². The summed E-state index contributed by atoms with van der Waals surface area (Å²) in [7, 11) is 0. The second-order valence-electron chi connectivity index (χ2n) is 7.75. The first kappa shape index (κ1) is 26.4. The molecule has 0 N–H and O–H groups in total. The number of esters is 2. The van der Waals surface area contributed by atoms with Gasteiger partial charge in [0.15, 0.2) is 11.5 Å². The fraction of sp³-hybridized carbons (Fsp3) is 0.185. The molecular weight excluding hydrogens is 562 g/mol. The van der Waals surface area contributed by atoms with Gasteiger partial charge >= 0.3 is 11.9 Å². The number of ether oxygens (including phenoxy) is 3. The van der Waals surface area contributed by atoms with Crippen molar-refractivity contribution < 1.29 is 33.4 Å². The molecule has 3 aromatic rings. The maximum absolute atomic E-state index is 13.1. The van der Waals surface area contributed by atoms with Crippen LogP contribution in [0.5, 0.6) is 11.5 Å². The molecule has 0 bridgehead atoms. The highest BCUT2D eigenvalue weighted by Gasteiger charge is 2.36. The lowest BCUT2D eigenvalue weighted by Gasteiger charge is -2.14. The molecule has 0 unspecified atom stereocenters. The Morgan fingerprint density at radius 2 is 1.78 bits per heavy atom. The van der Waals surface area contributed by atoms with Crippen molar-refractivity contribution >= 4 is 67.6 Å². The van der Waals surface area contributed by atoms with Gasteiger partial charge < -0.3 is 14.2 Å². The molecule has 0 aromatic heterocycles. The van der Waals surface area contributed by atoms with Crippen molar-refractivity contribution in [3.05, 3.63) is 75.1 Å². The van der Waals surface area contributed by atoms with E-state index in [0.29, 0.717) is 22.2 Å². The third-order valence-corrected chi connectivity index (χ3v) is 6.80. The smallest absolute Gasteiger partial charge is 0.344 e. The zero-order valence-corrected chi connectivity index (χ0v) is 22.4. The van der Waals surface area contributed by atoms with E-state index >= 15 is 0 Å². The molecule has 0 radical (unpaired) electrons. The van der Waals surface area contributed by atoms with Gasteiger partial charge in [-0.25, -0.2) is 4.79 Å². The number of hydrogen-bond acceptors (Lipinski definition) is 8. The number of fused-ring (bicyclic) bond motifs is 1. The predicted octanol–water partition coefficient (Wildman–Crippen LogP) is 5.82. The molecular formula is C27H22BrNO7S. The summed E-state index contributed by atoms with van der Waals surface area (Å²) in [5, 5.41) is 1.11. The molecule has 1 heterocycles. The molecule has 0 saturated carbocycles. The maximum Gasteiger partial charge on any atom is 0.344 e. The summed E-state index contributed by atoms with van der Waals surface area (Å²) in [6, 6.07) is 16.2. The monoisotopic (exact) mass is 583 g/mol. The normalized spacial score (nSPS) is 14.4. The Morgan fingerprint density at radius 3 is 2.54 bits per heavy atom. The van der Waals surface area contributed by atoms with Gasteiger partial charge in [-0.05, 0) is 82.2 Å². The summed E-state index contributed by atoms with van der Waals surface area (Å²) in [5.41, 5.74) is 0.939. The topological polar surface area (TPSA) is 99.2 Å². The van der Waals surface area contributed by atoms with E-state index in [2.05, 4.69) is 15.9 Å². The largest absolute Gasteiger partial charge is 0.490 e. The molecule has 37 heavy (non-hydrogen) atoms. The summed E-state index contributed by atoms with van der Waals surface area (Å²) >= 11 is 4.16. The van der Waals surface area contributed by atoms with Crippen LogP contribution in [0.25, 0.3) is 16.8 Å². The number of halogens is 1. The number of hydrogen-bond donors (Lipinski definition) is 0. The molecule has 1 saturated heterocycles. The number of nitrogens with zero attached hydrogens (tertiary/aromatic N) is 1. The highest BCUT2D eigenvalue weighted by atomic mass is 79.9. The average Bonchev–Trinajstić information content (AvgIpc) is 3.13. The summed E-state index contributed by atoms with van der Waals surface area (Å²) in [5.74, 6) is -1.34. The highest BCUT2D eigenvalue weighted by molar-refractivity contribution is 9.10. The number of carbonyl (C=O) groups is 4. The fourth-order valence-corrected chi connectivity index (χ4v) is 5.09. The van der Waals surface area contributed by atoms with Crippen LogP contribution in [-0.4, -0.2) is 47.7 Å². The molecule has 3 aromatic carbocycles. The Balaban J connectivity index is 1.62. The minimum atomic E-state index is -0.662. The SMILES string of the molecule is CCOC(=O)CN1C(=O)S/C(=C\c2cc(Br)c(OC(=O)c3cccc4ccccc34)c(OCC)c2)C1=O. The lowest BCUT2D eigenvalue weighted by Crippen LogP contribution is -2.34. The van der Waals surface area contributed by atoms with Crippen LogP contribution in [0, 0.1) is 0 Å². The quantitative estimate of drug-likeness (QED) is 0.186. The number of carbonyl (C=O) groups excluding carboxylic acids is 4. The van der Waals surface area contributed by atoms with E-state index in [-0.39, 0.29) is 23.0 Å². The number of rotatable bonds is 8. The van der Waals surface area contributed by atoms with E-state index in [9.17, 15) is 19.2 Å². The van der Waals surface area contributed by atoms with Gasteiger partial charge in [0.2, 0.25) is 0 Å². The number of imide groups is 1. The number of thioether (sulfide) groups is 1. The predicted molar refractivity (Wildman–Crippen MR) is 144 cm³/mol. The van der Waals surface area contributed by atoms with E-state index in [1.54, 1.807) is 38.1 Å². The molecule has 1 fully saturated rings. The van der Waals surface area contributed by atoms with Crippen LogP contribution < -0.4 is 9.47 Å². The summed E-state index contributed by atoms with van der Waals surface area (Å²) in [6.45, 7) is 3.42. The van der Waals surface area contributed by atoms with Crippen LogP contribution in [-0.2, 0) is 14.3 Å². The molecule has 0 aliphatic carbocycles. The van der Waals surface area contributed by atoms with Gasteiger partial charge in [-0.2, -0.15) is 0 Å². The van der Waals surface area contributed by atoms with E-state index in [4.69, 9.17) is 14.2 Å². The highest BCUT2D eigenvalue weighted by Crippen LogP contribution is 2.40. The van der Waals surface area contributed by atoms with Crippen LogP contribution >= 0.6 is 27.7 Å². The van der Waals surface area contributed by atoms with Crippen molar-refractivity contribution in [1.29, 1.82) is 0 Å². The number of amides is 2. The van der Waals surface area contributed by atoms with Gasteiger partial charge in [-0.15, -0.1) is 0 Å². The molecule has 1 aliphatic rings. The van der Waals surface area contributed by atoms with Crippen LogP contribution in [0.4, 0.5) is 4.79 Å². The van der Waals surface area contributed by atoms with Crippen molar-refractivity contribution in [3.63, 3.8) is 0 Å². The van der Waals surface area contributed by atoms with E-state index < -0.39 is 29.6 Å². The standard InChI is InChI=1S/C27H22BrNO7S/c1-3-34-21-13-16(14-22-25(31)29(27(33)37-22)15-23(30)35-4-2)12-20(28)24(21)36-26(32)19-11-7-9-17-8-5-6-10-18(17)19/h5-14H,3-4,15H2,1-2H3/b22-14-. The fourth-order valence-electron chi connectivity index (χ4n) is 3.71. The molecule has 190 valence electrons. The summed E-state index contributed by atoms with van der Waals surface area (Å²) < 4.78 is 16.7. The Hall–Kier alpha value is -3.63. The summed E-state index contributed by atoms with van der Waals surface area (Å²) in [4.78, 5) is 50.9. The van der Waals surface area contributed by atoms with Gasteiger partial charge in [-0.3, -0.25) is 19.3 Å². The average molecular weight is 584 g/mol. The molecule has 4 rings (SSSR count). The number of benzene rings is 3. The van der Waals surface area contributed by atoms with Gasteiger partial charge in [-0.1, -0.05) is 36.4 Å². The molecule has 0 atom stereocenters. The third-order valence-electron chi connectivity index (χ3n) is 5.30. The molecule has 8 nitrogen and oxygen atoms in total. The molecule has 2 amide bonds. The zero-order chi connectivity index (χ0) is 26.5. The molecule has 10 heteroatoms. The van der Waals surface area contributed by atoms with Crippen molar-refractivity contribution in [3.8, 4) is 11.5 Å². The minimum absolute atomic E-state index is 0.143. The Labute approximate surface area is 225 Å². The zero-order valence-electron chi connectivity index (χ0n) is 20.0. The third kappa shape index (κ3) is 5.86. The minimum Gasteiger partial charge on any atom is -0.490 e. The van der Waals surface area contributed by atoms with Crippen molar-refractivity contribution in [2.24, 2.45) is 0 Å². The van der Waals surface area contributed by atoms with Crippen LogP contribution in [0.2, 0.25) is 0 Å². The lowest BCUT2D eigenvalue weighted by atomic mass is 10.0. The Bertz CT molecular complexity index is 1430. The van der Waals surface area contributed by atoms with E-state index in [1.807, 2.05) is 30.3 Å². The second-order valence-corrected chi connectivity index (χ2v) is 9.60. The van der Waals surface area contributed by atoms with E-state index in [0.717, 1.165) is 27.4 Å². The molecule has 0 spiro atoms. The Kier molecular flexibility index (Phi) is 8.30. The maximum atomic E-state index is 13.1. The first-order valence-corrected chi connectivity index (χ1v) is 13.0. The van der Waals surface area contributed by atoms with Crippen LogP contribution in [0.1, 0.15) is 29.8 Å². The second kappa shape index (κ2) is 11.6. The van der Waals surface area contributed by atoms with Crippen LogP contribution in [0.3, 0.4) is 0 Å². The summed E-state index contributed by atoms with van der Waals surface area (Å²) in [6.07, 6.45) is 1.51. The first-order chi connectivity index (χ1) is 17.8. The van der Waals surface area contributed by atoms with Gasteiger partial charge in [0, 0.05) is 0 Å². The Morgan fingerprint density at radius 1 is 1.03 bits per heavy atom.